The summed E-state index contributed by atoms with van der Waals surface area (Å²) in [6.45, 7) is 2.55. The van der Waals surface area contributed by atoms with Gasteiger partial charge in [0.15, 0.2) is 0 Å². The first kappa shape index (κ1) is 18.2. The zero-order valence-electron chi connectivity index (χ0n) is 15.8. The predicted octanol–water partition coefficient (Wildman–Crippen LogP) is 4.10. The van der Waals surface area contributed by atoms with Crippen molar-refractivity contribution in [2.75, 3.05) is 13.2 Å². The Morgan fingerprint density at radius 1 is 1.11 bits per heavy atom. The zero-order chi connectivity index (χ0) is 18.7. The van der Waals surface area contributed by atoms with Crippen LogP contribution in [0.5, 0.6) is 0 Å². The van der Waals surface area contributed by atoms with Gasteiger partial charge in [0, 0.05) is 6.04 Å². The predicted molar refractivity (Wildman–Crippen MR) is 104 cm³/mol. The van der Waals surface area contributed by atoms with Crippen LogP contribution < -0.4 is 5.32 Å². The second-order valence-electron chi connectivity index (χ2n) is 7.45. The molecule has 1 unspecified atom stereocenters. The van der Waals surface area contributed by atoms with Crippen molar-refractivity contribution in [2.24, 2.45) is 0 Å². The molecule has 27 heavy (non-hydrogen) atoms. The third kappa shape index (κ3) is 3.64. The Labute approximate surface area is 160 Å². The van der Waals surface area contributed by atoms with E-state index in [1.165, 1.54) is 16.7 Å². The van der Waals surface area contributed by atoms with Gasteiger partial charge in [-0.1, -0.05) is 54.6 Å². The molecule has 2 aromatic carbocycles. The summed E-state index contributed by atoms with van der Waals surface area (Å²) in [5.41, 5.74) is 3.63. The highest BCUT2D eigenvalue weighted by atomic mass is 16.5. The Balaban J connectivity index is 1.48. The minimum atomic E-state index is -0.209. The van der Waals surface area contributed by atoms with Gasteiger partial charge in [-0.25, -0.2) is 0 Å². The molecular formula is C23H27NO3. The van der Waals surface area contributed by atoms with Crippen molar-refractivity contribution in [3.8, 4) is 0 Å². The second-order valence-corrected chi connectivity index (χ2v) is 7.45. The van der Waals surface area contributed by atoms with Gasteiger partial charge in [0.25, 0.3) is 0 Å². The van der Waals surface area contributed by atoms with E-state index in [4.69, 9.17) is 9.47 Å². The summed E-state index contributed by atoms with van der Waals surface area (Å²) in [4.78, 5) is 11.6. The Morgan fingerprint density at radius 3 is 2.56 bits per heavy atom. The van der Waals surface area contributed by atoms with E-state index < -0.39 is 0 Å². The molecule has 1 aliphatic carbocycles. The Bertz CT molecular complexity index is 781. The maximum Gasteiger partial charge on any atom is 0.319 e. The number of esters is 1. The molecule has 4 nitrogen and oxygen atoms in total. The number of nitrogens with one attached hydrogen (secondary N) is 1. The molecule has 2 aromatic rings. The van der Waals surface area contributed by atoms with Crippen molar-refractivity contribution >= 4 is 5.97 Å². The molecule has 1 heterocycles. The quantitative estimate of drug-likeness (QED) is 0.811. The molecule has 1 spiro atoms. The third-order valence-corrected chi connectivity index (χ3v) is 5.81. The number of carbonyl (C=O) groups excluding carboxylic acids is 1. The smallest absolute Gasteiger partial charge is 0.319 e. The standard InChI is InChI=1S/C23H27NO3/c1-2-26-21(25)16-24-18-12-14-23(15-13-18)20-11-7-6-10-19(20)22(27-23)17-8-4-3-5-9-17/h3-11,18,22,24H,2,12-16H2,1H3. The fourth-order valence-electron chi connectivity index (χ4n) is 4.48. The number of benzene rings is 2. The molecule has 1 N–H and O–H groups in total. The van der Waals surface area contributed by atoms with E-state index in [1.54, 1.807) is 0 Å². The van der Waals surface area contributed by atoms with Crippen LogP contribution in [-0.2, 0) is 19.9 Å². The van der Waals surface area contributed by atoms with Crippen molar-refractivity contribution in [1.82, 2.24) is 5.32 Å². The van der Waals surface area contributed by atoms with E-state index >= 15 is 0 Å². The van der Waals surface area contributed by atoms with Crippen LogP contribution in [0.1, 0.15) is 55.4 Å². The van der Waals surface area contributed by atoms with Crippen LogP contribution in [0.25, 0.3) is 0 Å². The average Bonchev–Trinajstić information content (AvgIpc) is 3.03. The van der Waals surface area contributed by atoms with Crippen molar-refractivity contribution in [3.05, 3.63) is 71.3 Å². The maximum atomic E-state index is 11.6. The van der Waals surface area contributed by atoms with Crippen LogP contribution >= 0.6 is 0 Å². The minimum Gasteiger partial charge on any atom is -0.465 e. The van der Waals surface area contributed by atoms with Crippen LogP contribution in [0.15, 0.2) is 54.6 Å². The van der Waals surface area contributed by atoms with Crippen molar-refractivity contribution in [3.63, 3.8) is 0 Å². The van der Waals surface area contributed by atoms with Gasteiger partial charge in [0.05, 0.1) is 18.8 Å². The SMILES string of the molecule is CCOC(=O)CNC1CCC2(CC1)OC(c1ccccc1)c1ccccc12. The van der Waals surface area contributed by atoms with Crippen LogP contribution in [0.2, 0.25) is 0 Å². The largest absolute Gasteiger partial charge is 0.465 e. The molecule has 0 aromatic heterocycles. The van der Waals surface area contributed by atoms with Crippen molar-refractivity contribution in [1.29, 1.82) is 0 Å². The lowest BCUT2D eigenvalue weighted by molar-refractivity contribution is -0.142. The summed E-state index contributed by atoms with van der Waals surface area (Å²) in [5, 5.41) is 3.35. The van der Waals surface area contributed by atoms with E-state index in [9.17, 15) is 4.79 Å². The number of fused-ring (bicyclic) bond motifs is 2. The van der Waals surface area contributed by atoms with Crippen LogP contribution in [0.4, 0.5) is 0 Å². The van der Waals surface area contributed by atoms with Gasteiger partial charge in [0.2, 0.25) is 0 Å². The third-order valence-electron chi connectivity index (χ3n) is 5.81. The Kier molecular flexibility index (Phi) is 5.28. The fraction of sp³-hybridized carbons (Fsp3) is 0.435. The normalized spacial score (nSPS) is 26.7. The highest BCUT2D eigenvalue weighted by Crippen LogP contribution is 2.52. The molecule has 142 valence electrons. The summed E-state index contributed by atoms with van der Waals surface area (Å²) >= 11 is 0. The molecule has 0 radical (unpaired) electrons. The van der Waals surface area contributed by atoms with Crippen LogP contribution in [0.3, 0.4) is 0 Å². The highest BCUT2D eigenvalue weighted by Gasteiger charge is 2.47. The number of ether oxygens (including phenoxy) is 2. The van der Waals surface area contributed by atoms with Gasteiger partial charge in [-0.2, -0.15) is 0 Å². The van der Waals surface area contributed by atoms with E-state index in [-0.39, 0.29) is 24.2 Å². The molecule has 1 atom stereocenters. The van der Waals surface area contributed by atoms with Crippen molar-refractivity contribution < 1.29 is 14.3 Å². The van der Waals surface area contributed by atoms with Gasteiger partial charge in [-0.15, -0.1) is 0 Å². The summed E-state index contributed by atoms with van der Waals surface area (Å²) in [7, 11) is 0. The van der Waals surface area contributed by atoms with E-state index in [0.29, 0.717) is 12.6 Å². The molecule has 0 saturated heterocycles. The van der Waals surface area contributed by atoms with Gasteiger partial charge in [-0.05, 0) is 49.3 Å². The Hall–Kier alpha value is -2.17. The second kappa shape index (κ2) is 7.83. The number of hydrogen-bond donors (Lipinski definition) is 1. The average molecular weight is 365 g/mol. The van der Waals surface area contributed by atoms with Gasteiger partial charge < -0.3 is 14.8 Å². The minimum absolute atomic E-state index is 0.00596. The first-order valence-corrected chi connectivity index (χ1v) is 9.93. The fourth-order valence-corrected chi connectivity index (χ4v) is 4.48. The molecule has 1 aliphatic heterocycles. The van der Waals surface area contributed by atoms with E-state index in [0.717, 1.165) is 25.7 Å². The number of carbonyl (C=O) groups is 1. The highest BCUT2D eigenvalue weighted by molar-refractivity contribution is 5.71. The summed E-state index contributed by atoms with van der Waals surface area (Å²) in [6, 6.07) is 19.5. The lowest BCUT2D eigenvalue weighted by Gasteiger charge is -2.38. The molecule has 4 rings (SSSR count). The number of rotatable bonds is 5. The van der Waals surface area contributed by atoms with E-state index in [2.05, 4.69) is 53.8 Å². The molecular weight excluding hydrogens is 338 g/mol. The van der Waals surface area contributed by atoms with Gasteiger partial charge in [0.1, 0.15) is 6.10 Å². The summed E-state index contributed by atoms with van der Waals surface area (Å²) < 4.78 is 11.7. The van der Waals surface area contributed by atoms with E-state index in [1.807, 2.05) is 13.0 Å². The molecule has 0 amide bonds. The van der Waals surface area contributed by atoms with Gasteiger partial charge in [-0.3, -0.25) is 4.79 Å². The first-order chi connectivity index (χ1) is 13.2. The van der Waals surface area contributed by atoms with Crippen molar-refractivity contribution in [2.45, 2.75) is 50.4 Å². The monoisotopic (exact) mass is 365 g/mol. The topological polar surface area (TPSA) is 47.6 Å². The zero-order valence-corrected chi connectivity index (χ0v) is 15.8. The molecule has 4 heteroatoms. The molecule has 0 bridgehead atoms. The van der Waals surface area contributed by atoms with Crippen LogP contribution in [0, 0.1) is 0 Å². The van der Waals surface area contributed by atoms with Crippen LogP contribution in [-0.4, -0.2) is 25.2 Å². The lowest BCUT2D eigenvalue weighted by Crippen LogP contribution is -2.41. The molecule has 1 saturated carbocycles. The summed E-state index contributed by atoms with van der Waals surface area (Å²) in [5.74, 6) is -0.176. The van der Waals surface area contributed by atoms with Gasteiger partial charge >= 0.3 is 5.97 Å². The Morgan fingerprint density at radius 2 is 1.81 bits per heavy atom. The lowest BCUT2D eigenvalue weighted by atomic mass is 9.77. The number of hydrogen-bond acceptors (Lipinski definition) is 4. The molecule has 1 fully saturated rings. The maximum absolute atomic E-state index is 11.6. The molecule has 2 aliphatic rings. The summed E-state index contributed by atoms with van der Waals surface area (Å²) in [6.07, 6.45) is 3.93. The first-order valence-electron chi connectivity index (χ1n) is 9.93.